The van der Waals surface area contributed by atoms with Crippen LogP contribution in [0.1, 0.15) is 351 Å². The summed E-state index contributed by atoms with van der Waals surface area (Å²) in [5.74, 6) is 0.809. The zero-order chi connectivity index (χ0) is 66.8. The van der Waals surface area contributed by atoms with E-state index in [-0.39, 0.29) is 25.7 Å². The molecule has 90 heavy (non-hydrogen) atoms. The Balaban J connectivity index is 5.22. The Morgan fingerprint density at radius 3 is 0.689 bits per heavy atom. The van der Waals surface area contributed by atoms with E-state index < -0.39 is 97.5 Å². The molecule has 5 atom stereocenters. The molecule has 0 spiro atoms. The lowest BCUT2D eigenvalue weighted by atomic mass is 10.0. The lowest BCUT2D eigenvalue weighted by Gasteiger charge is -2.21. The largest absolute Gasteiger partial charge is 0.472 e. The molecule has 0 fully saturated rings. The van der Waals surface area contributed by atoms with Crippen LogP contribution in [0.5, 0.6) is 0 Å². The average molecular weight is 1330 g/mol. The number of unbranched alkanes of at least 4 members (excludes halogenated alkanes) is 34. The molecule has 0 aliphatic carbocycles. The summed E-state index contributed by atoms with van der Waals surface area (Å²) in [5.41, 5.74) is 0. The summed E-state index contributed by atoms with van der Waals surface area (Å²) in [5, 5.41) is 10.6. The minimum Gasteiger partial charge on any atom is -0.462 e. The topological polar surface area (TPSA) is 237 Å². The summed E-state index contributed by atoms with van der Waals surface area (Å²) >= 11 is 0. The summed E-state index contributed by atoms with van der Waals surface area (Å²) in [6, 6.07) is 0. The number of ether oxygens (including phenoxy) is 4. The van der Waals surface area contributed by atoms with Gasteiger partial charge in [-0.3, -0.25) is 37.3 Å². The highest BCUT2D eigenvalue weighted by molar-refractivity contribution is 7.47. The molecule has 3 unspecified atom stereocenters. The number of hydrogen-bond acceptors (Lipinski definition) is 15. The number of carbonyl (C=O) groups excluding carboxylic acids is 4. The van der Waals surface area contributed by atoms with Gasteiger partial charge in [-0.05, 0) is 49.4 Å². The normalized spacial score (nSPS) is 14.3. The summed E-state index contributed by atoms with van der Waals surface area (Å²) < 4.78 is 68.3. The molecule has 534 valence electrons. The van der Waals surface area contributed by atoms with Gasteiger partial charge in [-0.15, -0.1) is 0 Å². The van der Waals surface area contributed by atoms with Gasteiger partial charge < -0.3 is 33.8 Å². The van der Waals surface area contributed by atoms with Crippen molar-refractivity contribution in [3.05, 3.63) is 0 Å². The maximum Gasteiger partial charge on any atom is 0.472 e. The Morgan fingerprint density at radius 1 is 0.278 bits per heavy atom. The Kier molecular flexibility index (Phi) is 59.4. The molecular weight excluding hydrogens is 1190 g/mol. The van der Waals surface area contributed by atoms with Crippen LogP contribution in [-0.2, 0) is 65.4 Å². The van der Waals surface area contributed by atoms with Crippen LogP contribution in [0.4, 0.5) is 0 Å². The van der Waals surface area contributed by atoms with Crippen molar-refractivity contribution in [2.24, 2.45) is 23.7 Å². The molecule has 0 saturated heterocycles. The summed E-state index contributed by atoms with van der Waals surface area (Å²) in [6.45, 7) is 14.0. The Morgan fingerprint density at radius 2 is 0.467 bits per heavy atom. The van der Waals surface area contributed by atoms with E-state index in [1.165, 1.54) is 154 Å². The maximum atomic E-state index is 13.0. The van der Waals surface area contributed by atoms with Gasteiger partial charge in [0.1, 0.15) is 19.3 Å². The molecule has 3 N–H and O–H groups in total. The number of esters is 4. The zero-order valence-corrected chi connectivity index (χ0v) is 60.6. The zero-order valence-electron chi connectivity index (χ0n) is 58.8. The number of aliphatic hydroxyl groups excluding tert-OH is 1. The first-order chi connectivity index (χ1) is 43.1. The third-order valence-corrected chi connectivity index (χ3v) is 18.2. The molecule has 0 radical (unpaired) electrons. The second kappa shape index (κ2) is 60.7. The Labute approximate surface area is 549 Å². The molecule has 0 aliphatic heterocycles. The summed E-state index contributed by atoms with van der Waals surface area (Å²) in [7, 11) is -9.90. The first-order valence-corrected chi connectivity index (χ1v) is 39.7. The van der Waals surface area contributed by atoms with E-state index in [9.17, 15) is 43.2 Å². The van der Waals surface area contributed by atoms with Crippen molar-refractivity contribution >= 4 is 39.5 Å². The monoisotopic (exact) mass is 1320 g/mol. The van der Waals surface area contributed by atoms with Crippen molar-refractivity contribution in [3.63, 3.8) is 0 Å². The summed E-state index contributed by atoms with van der Waals surface area (Å²) in [6.07, 6.45) is 43.3. The van der Waals surface area contributed by atoms with Gasteiger partial charge in [0.2, 0.25) is 0 Å². The van der Waals surface area contributed by atoms with Crippen molar-refractivity contribution in [1.29, 1.82) is 0 Å². The first kappa shape index (κ1) is 88.1. The van der Waals surface area contributed by atoms with E-state index in [0.29, 0.717) is 31.6 Å². The standard InChI is InChI=1S/C71H138O17P2/c1-61(2)47-39-31-23-17-14-12-10-9-11-13-15-19-28-37-45-53-70(75)87-66(57-81-68(73)51-43-35-26-20-16-18-24-32-40-48-62(3)4)59-85-89(77,78)83-55-65(72)56-84-90(79,80)86-60-67(88-71(76)54-46-38-30-29-34-42-50-64(7)8)58-82-69(74)52-44-36-27-22-21-25-33-41-49-63(5)6/h61-67,72H,9-60H2,1-8H3,(H,77,78)(H,79,80)/t65?,66-,67-/m1/s1. The van der Waals surface area contributed by atoms with Crippen molar-refractivity contribution in [1.82, 2.24) is 0 Å². The molecule has 17 nitrogen and oxygen atoms in total. The minimum absolute atomic E-state index is 0.101. The fraction of sp³-hybridized carbons (Fsp3) is 0.944. The van der Waals surface area contributed by atoms with Gasteiger partial charge in [0, 0.05) is 25.7 Å². The van der Waals surface area contributed by atoms with E-state index in [1.54, 1.807) is 0 Å². The van der Waals surface area contributed by atoms with Crippen LogP contribution in [0.2, 0.25) is 0 Å². The average Bonchev–Trinajstić information content (AvgIpc) is 3.70. The number of aliphatic hydroxyl groups is 1. The molecule has 0 heterocycles. The van der Waals surface area contributed by atoms with Crippen molar-refractivity contribution in [2.45, 2.75) is 369 Å². The van der Waals surface area contributed by atoms with Crippen molar-refractivity contribution in [2.75, 3.05) is 39.6 Å². The van der Waals surface area contributed by atoms with Crippen LogP contribution in [-0.4, -0.2) is 96.7 Å². The highest BCUT2D eigenvalue weighted by Crippen LogP contribution is 2.45. The van der Waals surface area contributed by atoms with Gasteiger partial charge in [0.05, 0.1) is 26.4 Å². The van der Waals surface area contributed by atoms with Crippen LogP contribution in [0.3, 0.4) is 0 Å². The molecule has 19 heteroatoms. The molecule has 0 aromatic rings. The molecular formula is C71H138O17P2. The van der Waals surface area contributed by atoms with E-state index in [1.807, 2.05) is 0 Å². The van der Waals surface area contributed by atoms with Gasteiger partial charge in [-0.1, -0.05) is 299 Å². The molecule has 0 saturated carbocycles. The third-order valence-electron chi connectivity index (χ3n) is 16.3. The van der Waals surface area contributed by atoms with Crippen LogP contribution in [0.25, 0.3) is 0 Å². The highest BCUT2D eigenvalue weighted by atomic mass is 31.2. The van der Waals surface area contributed by atoms with Gasteiger partial charge in [0.15, 0.2) is 12.2 Å². The first-order valence-electron chi connectivity index (χ1n) is 36.7. The van der Waals surface area contributed by atoms with Gasteiger partial charge in [-0.2, -0.15) is 0 Å². The number of carbonyl (C=O) groups is 4. The van der Waals surface area contributed by atoms with Crippen molar-refractivity contribution in [3.8, 4) is 0 Å². The SMILES string of the molecule is CC(C)CCCCCCCCCCCCCCCCCC(=O)O[C@H](COC(=O)CCCCCCCCCCCC(C)C)COP(=O)(O)OCC(O)COP(=O)(O)OC[C@@H](COC(=O)CCCCCCCCCCC(C)C)OC(=O)CCCCCCCCC(C)C. The maximum absolute atomic E-state index is 13.0. The van der Waals surface area contributed by atoms with E-state index in [4.69, 9.17) is 37.0 Å². The summed E-state index contributed by atoms with van der Waals surface area (Å²) in [4.78, 5) is 72.5. The minimum atomic E-state index is -4.95. The van der Waals surface area contributed by atoms with E-state index in [0.717, 1.165) is 108 Å². The third kappa shape index (κ3) is 64.8. The molecule has 0 amide bonds. The Bertz CT molecular complexity index is 1780. The lowest BCUT2D eigenvalue weighted by Crippen LogP contribution is -2.30. The van der Waals surface area contributed by atoms with Crippen LogP contribution >= 0.6 is 15.6 Å². The fourth-order valence-corrected chi connectivity index (χ4v) is 12.2. The lowest BCUT2D eigenvalue weighted by molar-refractivity contribution is -0.161. The number of rotatable bonds is 68. The number of hydrogen-bond donors (Lipinski definition) is 3. The predicted molar refractivity (Wildman–Crippen MR) is 363 cm³/mol. The van der Waals surface area contributed by atoms with E-state index >= 15 is 0 Å². The van der Waals surface area contributed by atoms with Gasteiger partial charge in [0.25, 0.3) is 0 Å². The van der Waals surface area contributed by atoms with Gasteiger partial charge >= 0.3 is 39.5 Å². The molecule has 0 aromatic heterocycles. The van der Waals surface area contributed by atoms with Gasteiger partial charge in [-0.25, -0.2) is 9.13 Å². The highest BCUT2D eigenvalue weighted by Gasteiger charge is 2.30. The van der Waals surface area contributed by atoms with Crippen LogP contribution < -0.4 is 0 Å². The smallest absolute Gasteiger partial charge is 0.462 e. The van der Waals surface area contributed by atoms with Crippen LogP contribution in [0.15, 0.2) is 0 Å². The molecule has 0 aliphatic rings. The van der Waals surface area contributed by atoms with Crippen molar-refractivity contribution < 1.29 is 80.2 Å². The van der Waals surface area contributed by atoms with E-state index in [2.05, 4.69) is 55.4 Å². The second-order valence-corrected chi connectivity index (χ2v) is 30.4. The molecule has 0 aromatic carbocycles. The number of phosphoric ester groups is 2. The molecule has 0 bridgehead atoms. The predicted octanol–water partition coefficient (Wildman–Crippen LogP) is 20.1. The fourth-order valence-electron chi connectivity index (χ4n) is 10.7. The number of phosphoric acid groups is 2. The molecule has 0 rings (SSSR count). The van der Waals surface area contributed by atoms with Crippen LogP contribution in [0, 0.1) is 23.7 Å². The Hall–Kier alpha value is -1.94. The quantitative estimate of drug-likeness (QED) is 0.0222. The second-order valence-electron chi connectivity index (χ2n) is 27.5.